The molecule has 1 atom stereocenters. The second-order valence-electron chi connectivity index (χ2n) is 6.92. The van der Waals surface area contributed by atoms with E-state index in [2.05, 4.69) is 16.7 Å². The number of carbonyl (C=O) groups excluding carboxylic acids is 2. The summed E-state index contributed by atoms with van der Waals surface area (Å²) in [5.41, 5.74) is 1.11. The molecule has 1 aliphatic rings. The molecule has 0 spiro atoms. The fraction of sp³-hybridized carbons (Fsp3) is 0.238. The number of allylic oxidation sites excluding steroid dienone is 2. The molecule has 0 fully saturated rings. The quantitative estimate of drug-likeness (QED) is 0.689. The molecule has 2 amide bonds. The fourth-order valence-electron chi connectivity index (χ4n) is 3.03. The Bertz CT molecular complexity index is 1080. The molecule has 2 aromatic carbocycles. The van der Waals surface area contributed by atoms with E-state index in [-0.39, 0.29) is 27.3 Å². The highest BCUT2D eigenvalue weighted by atomic mass is 35.5. The molecule has 1 aliphatic carbocycles. The van der Waals surface area contributed by atoms with Crippen LogP contribution in [-0.4, -0.2) is 26.5 Å². The Labute approximate surface area is 174 Å². The second-order valence-corrected chi connectivity index (χ2v) is 9.34. The SMILES string of the molecule is CS(=O)(=O)c1cccc(C(=O)Nc2ccc(NC(=O)[C@@H]3CC=CCC3)cc2Cl)c1. The fourth-order valence-corrected chi connectivity index (χ4v) is 3.93. The van der Waals surface area contributed by atoms with Gasteiger partial charge < -0.3 is 10.6 Å². The molecule has 152 valence electrons. The molecular formula is C21H21ClN2O4S. The predicted octanol–water partition coefficient (Wildman–Crippen LogP) is 4.29. The van der Waals surface area contributed by atoms with Crippen molar-refractivity contribution in [2.75, 3.05) is 16.9 Å². The Morgan fingerprint density at radius 1 is 1.07 bits per heavy atom. The summed E-state index contributed by atoms with van der Waals surface area (Å²) in [6.07, 6.45) is 7.60. The molecule has 6 nitrogen and oxygen atoms in total. The molecule has 0 heterocycles. The largest absolute Gasteiger partial charge is 0.326 e. The number of anilines is 2. The van der Waals surface area contributed by atoms with Crippen LogP contribution in [0.15, 0.2) is 59.5 Å². The molecule has 0 bridgehead atoms. The summed E-state index contributed by atoms with van der Waals surface area (Å²) in [6.45, 7) is 0. The van der Waals surface area contributed by atoms with Crippen molar-refractivity contribution in [2.45, 2.75) is 24.2 Å². The van der Waals surface area contributed by atoms with Gasteiger partial charge >= 0.3 is 0 Å². The van der Waals surface area contributed by atoms with E-state index in [1.54, 1.807) is 18.2 Å². The van der Waals surface area contributed by atoms with Crippen molar-refractivity contribution in [3.05, 3.63) is 65.2 Å². The van der Waals surface area contributed by atoms with Crippen LogP contribution in [0.4, 0.5) is 11.4 Å². The minimum atomic E-state index is -3.42. The molecule has 0 radical (unpaired) electrons. The summed E-state index contributed by atoms with van der Waals surface area (Å²) in [4.78, 5) is 24.9. The third-order valence-electron chi connectivity index (χ3n) is 4.65. The van der Waals surface area contributed by atoms with Gasteiger partial charge in [-0.15, -0.1) is 0 Å². The van der Waals surface area contributed by atoms with Gasteiger partial charge in [0.1, 0.15) is 0 Å². The molecule has 29 heavy (non-hydrogen) atoms. The Hall–Kier alpha value is -2.64. The lowest BCUT2D eigenvalue weighted by Crippen LogP contribution is -2.23. The number of amides is 2. The van der Waals surface area contributed by atoms with Crippen LogP contribution in [-0.2, 0) is 14.6 Å². The first kappa shape index (κ1) is 21.1. The zero-order valence-corrected chi connectivity index (χ0v) is 17.4. The highest BCUT2D eigenvalue weighted by molar-refractivity contribution is 7.90. The van der Waals surface area contributed by atoms with Crippen molar-refractivity contribution in [2.24, 2.45) is 5.92 Å². The zero-order valence-electron chi connectivity index (χ0n) is 15.8. The second kappa shape index (κ2) is 8.80. The van der Waals surface area contributed by atoms with Gasteiger partial charge in [0.25, 0.3) is 5.91 Å². The van der Waals surface area contributed by atoms with E-state index >= 15 is 0 Å². The van der Waals surface area contributed by atoms with Crippen LogP contribution in [0, 0.1) is 5.92 Å². The van der Waals surface area contributed by atoms with Crippen LogP contribution >= 0.6 is 11.6 Å². The topological polar surface area (TPSA) is 92.3 Å². The molecule has 8 heteroatoms. The molecule has 2 aromatic rings. The Balaban J connectivity index is 1.70. The van der Waals surface area contributed by atoms with Gasteiger partial charge in [-0.05, 0) is 55.7 Å². The number of sulfone groups is 1. The van der Waals surface area contributed by atoms with Crippen molar-refractivity contribution in [3.63, 3.8) is 0 Å². The van der Waals surface area contributed by atoms with E-state index < -0.39 is 15.7 Å². The number of nitrogens with one attached hydrogen (secondary N) is 2. The normalized spacial score (nSPS) is 16.3. The minimum absolute atomic E-state index is 0.0553. The summed E-state index contributed by atoms with van der Waals surface area (Å²) in [7, 11) is -3.42. The molecule has 0 saturated carbocycles. The first-order valence-electron chi connectivity index (χ1n) is 9.11. The van der Waals surface area contributed by atoms with Gasteiger partial charge in [-0.25, -0.2) is 8.42 Å². The van der Waals surface area contributed by atoms with Crippen LogP contribution in [0.1, 0.15) is 29.6 Å². The van der Waals surface area contributed by atoms with Gasteiger partial charge in [0.2, 0.25) is 5.91 Å². The average Bonchev–Trinajstić information content (AvgIpc) is 2.70. The van der Waals surface area contributed by atoms with Crippen molar-refractivity contribution in [1.82, 2.24) is 0 Å². The molecule has 0 unspecified atom stereocenters. The van der Waals surface area contributed by atoms with Crippen LogP contribution in [0.2, 0.25) is 5.02 Å². The van der Waals surface area contributed by atoms with E-state index in [4.69, 9.17) is 11.6 Å². The number of hydrogen-bond acceptors (Lipinski definition) is 4. The first-order chi connectivity index (χ1) is 13.7. The molecule has 0 aliphatic heterocycles. The predicted molar refractivity (Wildman–Crippen MR) is 114 cm³/mol. The smallest absolute Gasteiger partial charge is 0.255 e. The lowest BCUT2D eigenvalue weighted by molar-refractivity contribution is -0.120. The van der Waals surface area contributed by atoms with Gasteiger partial charge in [0, 0.05) is 23.4 Å². The molecule has 2 N–H and O–H groups in total. The summed E-state index contributed by atoms with van der Waals surface area (Å²) in [6, 6.07) is 10.6. The average molecular weight is 433 g/mol. The number of rotatable bonds is 5. The van der Waals surface area contributed by atoms with Gasteiger partial charge in [-0.3, -0.25) is 9.59 Å². The molecule has 0 aromatic heterocycles. The first-order valence-corrected chi connectivity index (χ1v) is 11.4. The molecular weight excluding hydrogens is 412 g/mol. The maximum Gasteiger partial charge on any atom is 0.255 e. The Morgan fingerprint density at radius 2 is 1.86 bits per heavy atom. The number of halogens is 1. The maximum absolute atomic E-state index is 12.5. The van der Waals surface area contributed by atoms with Crippen LogP contribution in [0.3, 0.4) is 0 Å². The van der Waals surface area contributed by atoms with E-state index in [9.17, 15) is 18.0 Å². The van der Waals surface area contributed by atoms with E-state index in [1.807, 2.05) is 6.08 Å². The lowest BCUT2D eigenvalue weighted by Gasteiger charge is -2.17. The van der Waals surface area contributed by atoms with Crippen molar-refractivity contribution in [3.8, 4) is 0 Å². The summed E-state index contributed by atoms with van der Waals surface area (Å²) in [5, 5.41) is 5.78. The monoisotopic (exact) mass is 432 g/mol. The maximum atomic E-state index is 12.5. The summed E-state index contributed by atoms with van der Waals surface area (Å²) in [5.74, 6) is -0.594. The number of hydrogen-bond donors (Lipinski definition) is 2. The summed E-state index contributed by atoms with van der Waals surface area (Å²) < 4.78 is 23.3. The third-order valence-corrected chi connectivity index (χ3v) is 6.07. The van der Waals surface area contributed by atoms with E-state index in [0.29, 0.717) is 11.4 Å². The highest BCUT2D eigenvalue weighted by Gasteiger charge is 2.19. The highest BCUT2D eigenvalue weighted by Crippen LogP contribution is 2.27. The number of benzene rings is 2. The number of carbonyl (C=O) groups is 2. The van der Waals surface area contributed by atoms with Gasteiger partial charge in [-0.2, -0.15) is 0 Å². The van der Waals surface area contributed by atoms with E-state index in [0.717, 1.165) is 25.5 Å². The zero-order chi connectivity index (χ0) is 21.0. The van der Waals surface area contributed by atoms with Gasteiger partial charge in [0.15, 0.2) is 9.84 Å². The van der Waals surface area contributed by atoms with Crippen molar-refractivity contribution >= 4 is 44.6 Å². The minimum Gasteiger partial charge on any atom is -0.326 e. The van der Waals surface area contributed by atoms with Crippen LogP contribution < -0.4 is 10.6 Å². The van der Waals surface area contributed by atoms with Gasteiger partial charge in [-0.1, -0.05) is 29.8 Å². The van der Waals surface area contributed by atoms with E-state index in [1.165, 1.54) is 24.3 Å². The third kappa shape index (κ3) is 5.46. The van der Waals surface area contributed by atoms with Crippen LogP contribution in [0.5, 0.6) is 0 Å². The Kier molecular flexibility index (Phi) is 6.39. The van der Waals surface area contributed by atoms with Gasteiger partial charge in [0.05, 0.1) is 15.6 Å². The summed E-state index contributed by atoms with van der Waals surface area (Å²) >= 11 is 6.26. The molecule has 0 saturated heterocycles. The Morgan fingerprint density at radius 3 is 2.52 bits per heavy atom. The van der Waals surface area contributed by atoms with Crippen molar-refractivity contribution < 1.29 is 18.0 Å². The molecule has 3 rings (SSSR count). The van der Waals surface area contributed by atoms with Crippen molar-refractivity contribution in [1.29, 1.82) is 0 Å². The standard InChI is InChI=1S/C21H21ClN2O4S/c1-29(27,28)17-9-5-8-15(12-17)21(26)24-19-11-10-16(13-18(19)22)23-20(25)14-6-3-2-4-7-14/h2-3,5,8-14H,4,6-7H2,1H3,(H,23,25)(H,24,26)/t14-/m1/s1. The lowest BCUT2D eigenvalue weighted by atomic mass is 9.93. The van der Waals surface area contributed by atoms with Crippen LogP contribution in [0.25, 0.3) is 0 Å².